The molecule has 0 aliphatic rings. The van der Waals surface area contributed by atoms with E-state index in [9.17, 15) is 0 Å². The van der Waals surface area contributed by atoms with Crippen molar-refractivity contribution < 1.29 is 0 Å². The van der Waals surface area contributed by atoms with Gasteiger partial charge in [-0.05, 0) is 68.4 Å². The lowest BCUT2D eigenvalue weighted by atomic mass is 9.92. The monoisotopic (exact) mass is 491 g/mol. The highest BCUT2D eigenvalue weighted by molar-refractivity contribution is 7.99. The Labute approximate surface area is 218 Å². The molecule has 0 N–H and O–H groups in total. The molecule has 174 valence electrons. The topological polar surface area (TPSA) is 38.7 Å². The Balaban J connectivity index is 1.41. The van der Waals surface area contributed by atoms with Crippen LogP contribution in [0, 0.1) is 0 Å². The van der Waals surface area contributed by atoms with Crippen molar-refractivity contribution in [1.82, 2.24) is 15.0 Å². The standard InChI is InChI=1S/C33H21N3S/c1-2-7-24-20-25(11-10-22(24)6-1)31-27-8-3-4-9-28(27)32(29-16-19-34-21-30(29)31)37-26-14-12-23(13-15-26)33-35-17-5-18-36-33/h1-21H. The molecule has 5 aromatic carbocycles. The van der Waals surface area contributed by atoms with Crippen LogP contribution in [0.2, 0.25) is 0 Å². The van der Waals surface area contributed by atoms with Crippen LogP contribution in [-0.4, -0.2) is 15.0 Å². The Morgan fingerprint density at radius 1 is 0.514 bits per heavy atom. The quantitative estimate of drug-likeness (QED) is 0.231. The largest absolute Gasteiger partial charge is 0.264 e. The Hall–Kier alpha value is -4.54. The van der Waals surface area contributed by atoms with Crippen molar-refractivity contribution in [3.05, 3.63) is 128 Å². The third-order valence-electron chi connectivity index (χ3n) is 6.71. The first-order chi connectivity index (χ1) is 18.3. The second-order valence-electron chi connectivity index (χ2n) is 8.93. The fourth-order valence-corrected chi connectivity index (χ4v) is 6.07. The average molecular weight is 492 g/mol. The van der Waals surface area contributed by atoms with Gasteiger partial charge in [-0.2, -0.15) is 0 Å². The van der Waals surface area contributed by atoms with Crippen LogP contribution in [-0.2, 0) is 0 Å². The zero-order chi connectivity index (χ0) is 24.6. The molecule has 2 aromatic heterocycles. The molecule has 3 nitrogen and oxygen atoms in total. The first-order valence-electron chi connectivity index (χ1n) is 12.2. The number of nitrogens with zero attached hydrogens (tertiary/aromatic N) is 3. The van der Waals surface area contributed by atoms with E-state index in [-0.39, 0.29) is 0 Å². The zero-order valence-electron chi connectivity index (χ0n) is 19.9. The third-order valence-corrected chi connectivity index (χ3v) is 7.86. The van der Waals surface area contributed by atoms with Crippen LogP contribution in [0.3, 0.4) is 0 Å². The van der Waals surface area contributed by atoms with E-state index in [1.54, 1.807) is 24.2 Å². The number of pyridine rings is 1. The Bertz CT molecular complexity index is 1840. The van der Waals surface area contributed by atoms with E-state index in [0.717, 1.165) is 16.8 Å². The van der Waals surface area contributed by atoms with Crippen LogP contribution in [0.5, 0.6) is 0 Å². The molecule has 0 aliphatic heterocycles. The summed E-state index contributed by atoms with van der Waals surface area (Å²) < 4.78 is 0. The summed E-state index contributed by atoms with van der Waals surface area (Å²) in [7, 11) is 0. The summed E-state index contributed by atoms with van der Waals surface area (Å²) in [5, 5.41) is 7.32. The van der Waals surface area contributed by atoms with Gasteiger partial charge in [-0.1, -0.05) is 84.6 Å². The summed E-state index contributed by atoms with van der Waals surface area (Å²) >= 11 is 1.79. The number of hydrogen-bond donors (Lipinski definition) is 0. The molecule has 0 saturated heterocycles. The highest BCUT2D eigenvalue weighted by atomic mass is 32.2. The van der Waals surface area contributed by atoms with Gasteiger partial charge < -0.3 is 0 Å². The molecule has 0 aliphatic carbocycles. The summed E-state index contributed by atoms with van der Waals surface area (Å²) in [5.74, 6) is 0.737. The maximum Gasteiger partial charge on any atom is 0.159 e. The lowest BCUT2D eigenvalue weighted by Crippen LogP contribution is -1.91. The van der Waals surface area contributed by atoms with E-state index in [1.807, 2.05) is 18.5 Å². The van der Waals surface area contributed by atoms with E-state index in [4.69, 9.17) is 0 Å². The fraction of sp³-hybridized carbons (Fsp3) is 0. The fourth-order valence-electron chi connectivity index (χ4n) is 4.98. The van der Waals surface area contributed by atoms with E-state index < -0.39 is 0 Å². The smallest absolute Gasteiger partial charge is 0.159 e. The van der Waals surface area contributed by atoms with Crippen LogP contribution in [0.4, 0.5) is 0 Å². The molecule has 0 atom stereocenters. The minimum Gasteiger partial charge on any atom is -0.264 e. The Morgan fingerprint density at radius 2 is 1.22 bits per heavy atom. The third kappa shape index (κ3) is 3.92. The van der Waals surface area contributed by atoms with Crippen molar-refractivity contribution >= 4 is 44.1 Å². The van der Waals surface area contributed by atoms with Gasteiger partial charge in [-0.25, -0.2) is 9.97 Å². The van der Waals surface area contributed by atoms with Gasteiger partial charge in [0.2, 0.25) is 0 Å². The number of benzene rings is 5. The molecule has 2 heterocycles. The van der Waals surface area contributed by atoms with Gasteiger partial charge in [-0.15, -0.1) is 0 Å². The first kappa shape index (κ1) is 21.7. The van der Waals surface area contributed by atoms with Gasteiger partial charge in [0.15, 0.2) is 5.82 Å². The van der Waals surface area contributed by atoms with Gasteiger partial charge >= 0.3 is 0 Å². The van der Waals surface area contributed by atoms with Crippen molar-refractivity contribution in [2.45, 2.75) is 9.79 Å². The molecule has 7 aromatic rings. The highest BCUT2D eigenvalue weighted by Crippen LogP contribution is 2.45. The molecule has 7 rings (SSSR count). The van der Waals surface area contributed by atoms with Crippen molar-refractivity contribution in [2.75, 3.05) is 0 Å². The Morgan fingerprint density at radius 3 is 2.05 bits per heavy atom. The van der Waals surface area contributed by atoms with Gasteiger partial charge in [0.05, 0.1) is 0 Å². The van der Waals surface area contributed by atoms with Gasteiger partial charge in [0.1, 0.15) is 0 Å². The number of aromatic nitrogens is 3. The van der Waals surface area contributed by atoms with Crippen LogP contribution in [0.1, 0.15) is 0 Å². The SMILES string of the molecule is c1cnc(-c2ccc(Sc3c4ccccc4c(-c4ccc5ccccc5c4)c4cnccc34)cc2)nc1. The lowest BCUT2D eigenvalue weighted by Gasteiger charge is -2.17. The number of rotatable bonds is 4. The van der Waals surface area contributed by atoms with E-state index in [0.29, 0.717) is 0 Å². The molecule has 0 amide bonds. The first-order valence-corrected chi connectivity index (χ1v) is 13.0. The van der Waals surface area contributed by atoms with E-state index in [2.05, 4.69) is 112 Å². The molecule has 0 fully saturated rings. The lowest BCUT2D eigenvalue weighted by molar-refractivity contribution is 1.17. The molecule has 0 bridgehead atoms. The van der Waals surface area contributed by atoms with Crippen molar-refractivity contribution in [2.24, 2.45) is 0 Å². The van der Waals surface area contributed by atoms with Crippen molar-refractivity contribution in [3.63, 3.8) is 0 Å². The predicted octanol–water partition coefficient (Wildman–Crippen LogP) is 8.82. The minimum atomic E-state index is 0.737. The highest BCUT2D eigenvalue weighted by Gasteiger charge is 2.16. The van der Waals surface area contributed by atoms with Gasteiger partial charge in [0, 0.05) is 45.5 Å². The molecule has 37 heavy (non-hydrogen) atoms. The average Bonchev–Trinajstić information content (AvgIpc) is 2.98. The molecule has 4 heteroatoms. The van der Waals surface area contributed by atoms with E-state index >= 15 is 0 Å². The molecule has 0 unspecified atom stereocenters. The van der Waals surface area contributed by atoms with Gasteiger partial charge in [-0.3, -0.25) is 4.98 Å². The molecule has 0 radical (unpaired) electrons. The van der Waals surface area contributed by atoms with Gasteiger partial charge in [0.25, 0.3) is 0 Å². The molecular formula is C33H21N3S. The molecule has 0 spiro atoms. The maximum absolute atomic E-state index is 4.54. The summed E-state index contributed by atoms with van der Waals surface area (Å²) in [6, 6.07) is 36.4. The predicted molar refractivity (Wildman–Crippen MR) is 154 cm³/mol. The molecule has 0 saturated carbocycles. The normalized spacial score (nSPS) is 11.4. The zero-order valence-corrected chi connectivity index (χ0v) is 20.7. The van der Waals surface area contributed by atoms with Crippen molar-refractivity contribution in [3.8, 4) is 22.5 Å². The molecular weight excluding hydrogens is 470 g/mol. The summed E-state index contributed by atoms with van der Waals surface area (Å²) in [5.41, 5.74) is 3.44. The van der Waals surface area contributed by atoms with Crippen LogP contribution < -0.4 is 0 Å². The number of hydrogen-bond acceptors (Lipinski definition) is 4. The number of fused-ring (bicyclic) bond motifs is 3. The summed E-state index contributed by atoms with van der Waals surface area (Å²) in [4.78, 5) is 15.7. The second kappa shape index (κ2) is 9.16. The van der Waals surface area contributed by atoms with E-state index in [1.165, 1.54) is 47.8 Å². The van der Waals surface area contributed by atoms with Crippen LogP contribution in [0.25, 0.3) is 54.8 Å². The van der Waals surface area contributed by atoms with Crippen molar-refractivity contribution in [1.29, 1.82) is 0 Å². The summed E-state index contributed by atoms with van der Waals surface area (Å²) in [6.45, 7) is 0. The maximum atomic E-state index is 4.54. The van der Waals surface area contributed by atoms with Crippen LogP contribution >= 0.6 is 11.8 Å². The second-order valence-corrected chi connectivity index (χ2v) is 10.0. The minimum absolute atomic E-state index is 0.737. The van der Waals surface area contributed by atoms with Crippen LogP contribution in [0.15, 0.2) is 138 Å². The summed E-state index contributed by atoms with van der Waals surface area (Å²) in [6.07, 6.45) is 7.44. The Kier molecular flexibility index (Phi) is 5.38.